The van der Waals surface area contributed by atoms with Gasteiger partial charge in [-0.3, -0.25) is 4.79 Å². The first kappa shape index (κ1) is 26.0. The molecular weight excluding hydrogens is 519 g/mol. The average molecular weight is 555 g/mol. The minimum absolute atomic E-state index is 0.0146. The molecule has 212 valence electrons. The summed E-state index contributed by atoms with van der Waals surface area (Å²) in [5, 5.41) is 2.95. The van der Waals surface area contributed by atoms with Gasteiger partial charge in [0.1, 0.15) is 11.4 Å². The number of halogens is 1. The first-order valence-electron chi connectivity index (χ1n) is 14.7. The number of ether oxygens (including phenoxy) is 1. The molecule has 1 atom stereocenters. The Labute approximate surface area is 239 Å². The summed E-state index contributed by atoms with van der Waals surface area (Å²) in [6, 6.07) is 14.4. The summed E-state index contributed by atoms with van der Waals surface area (Å²) in [5.74, 6) is 0.560. The van der Waals surface area contributed by atoms with Crippen LogP contribution in [0.3, 0.4) is 0 Å². The maximum Gasteiger partial charge on any atom is 0.410 e. The van der Waals surface area contributed by atoms with E-state index in [1.807, 2.05) is 45.0 Å². The van der Waals surface area contributed by atoms with E-state index in [2.05, 4.69) is 33.4 Å². The van der Waals surface area contributed by atoms with Crippen LogP contribution in [0, 0.1) is 5.95 Å². The van der Waals surface area contributed by atoms with Crippen LogP contribution < -0.4 is 10.2 Å². The molecule has 2 fully saturated rings. The molecule has 1 aromatic heterocycles. The molecule has 2 amide bonds. The van der Waals surface area contributed by atoms with E-state index in [1.54, 1.807) is 4.90 Å². The summed E-state index contributed by atoms with van der Waals surface area (Å²) in [7, 11) is 0. The lowest BCUT2D eigenvalue weighted by Gasteiger charge is -2.47. The van der Waals surface area contributed by atoms with Crippen molar-refractivity contribution >= 4 is 17.8 Å². The maximum absolute atomic E-state index is 15.5. The molecule has 0 aliphatic carbocycles. The van der Waals surface area contributed by atoms with Crippen LogP contribution in [-0.2, 0) is 11.2 Å². The molecule has 5 heterocycles. The summed E-state index contributed by atoms with van der Waals surface area (Å²) in [5.41, 5.74) is 6.89. The number of pyridine rings is 1. The molecule has 0 saturated carbocycles. The number of rotatable bonds is 2. The number of fused-ring (bicyclic) bond motifs is 7. The molecule has 7 nitrogen and oxygen atoms in total. The van der Waals surface area contributed by atoms with Gasteiger partial charge in [0.15, 0.2) is 0 Å². The van der Waals surface area contributed by atoms with Crippen LogP contribution in [0.2, 0.25) is 0 Å². The highest BCUT2D eigenvalue weighted by atomic mass is 19.1. The number of nitrogens with one attached hydrogen (secondary N) is 1. The molecule has 3 aromatic rings. The first-order chi connectivity index (χ1) is 19.7. The van der Waals surface area contributed by atoms with E-state index in [4.69, 9.17) is 4.74 Å². The van der Waals surface area contributed by atoms with Crippen molar-refractivity contribution in [1.82, 2.24) is 15.2 Å². The van der Waals surface area contributed by atoms with Gasteiger partial charge in [-0.25, -0.2) is 9.78 Å². The Balaban J connectivity index is 1.15. The van der Waals surface area contributed by atoms with Crippen LogP contribution in [0.15, 0.2) is 42.5 Å². The van der Waals surface area contributed by atoms with Gasteiger partial charge in [-0.1, -0.05) is 24.3 Å². The Morgan fingerprint density at radius 1 is 0.976 bits per heavy atom. The zero-order chi connectivity index (χ0) is 28.5. The average Bonchev–Trinajstić information content (AvgIpc) is 2.92. The van der Waals surface area contributed by atoms with Crippen LogP contribution in [0.1, 0.15) is 79.0 Å². The molecule has 1 unspecified atom stereocenters. The third-order valence-electron chi connectivity index (χ3n) is 8.94. The SMILES string of the molecule is CC(C)(C)OC(=O)N1CCC(c2ccc(-c3cc4c(nc3F)N3CCC3c3cc5c(cc3-4)CCNC5=O)cc2)CC1. The number of anilines is 1. The molecular formula is C33H35FN4O3. The maximum atomic E-state index is 15.5. The number of nitrogens with zero attached hydrogens (tertiary/aromatic N) is 3. The van der Waals surface area contributed by atoms with Crippen LogP contribution in [0.25, 0.3) is 22.3 Å². The highest BCUT2D eigenvalue weighted by Gasteiger charge is 2.40. The second kappa shape index (κ2) is 9.57. The van der Waals surface area contributed by atoms with Gasteiger partial charge >= 0.3 is 6.09 Å². The number of carbonyl (C=O) groups excluding carboxylic acids is 2. The fraction of sp³-hybridized carbons (Fsp3) is 0.424. The zero-order valence-corrected chi connectivity index (χ0v) is 23.8. The van der Waals surface area contributed by atoms with Crippen molar-refractivity contribution in [3.8, 4) is 22.3 Å². The molecule has 0 radical (unpaired) electrons. The minimum Gasteiger partial charge on any atom is -0.444 e. The van der Waals surface area contributed by atoms with Gasteiger partial charge < -0.3 is 19.9 Å². The summed E-state index contributed by atoms with van der Waals surface area (Å²) in [4.78, 5) is 33.4. The molecule has 7 rings (SSSR count). The van der Waals surface area contributed by atoms with E-state index in [-0.39, 0.29) is 18.0 Å². The van der Waals surface area contributed by atoms with E-state index in [1.165, 1.54) is 5.56 Å². The lowest BCUT2D eigenvalue weighted by molar-refractivity contribution is 0.0204. The van der Waals surface area contributed by atoms with Crippen molar-refractivity contribution in [2.45, 2.75) is 64.0 Å². The molecule has 0 spiro atoms. The number of amides is 2. The molecule has 41 heavy (non-hydrogen) atoms. The van der Waals surface area contributed by atoms with E-state index >= 15 is 4.39 Å². The first-order valence-corrected chi connectivity index (χ1v) is 14.7. The Morgan fingerprint density at radius 3 is 2.41 bits per heavy atom. The molecule has 0 bridgehead atoms. The minimum atomic E-state index is -0.500. The summed E-state index contributed by atoms with van der Waals surface area (Å²) in [6.07, 6.45) is 3.23. The predicted octanol–water partition coefficient (Wildman–Crippen LogP) is 6.22. The summed E-state index contributed by atoms with van der Waals surface area (Å²) < 4.78 is 21.1. The predicted molar refractivity (Wildman–Crippen MR) is 156 cm³/mol. The van der Waals surface area contributed by atoms with Gasteiger partial charge in [0.25, 0.3) is 5.91 Å². The number of carbonyl (C=O) groups is 2. The Bertz CT molecular complexity index is 1550. The number of hydrogen-bond acceptors (Lipinski definition) is 5. The highest BCUT2D eigenvalue weighted by molar-refractivity contribution is 5.99. The van der Waals surface area contributed by atoms with Crippen LogP contribution >= 0.6 is 0 Å². The number of piperidine rings is 1. The van der Waals surface area contributed by atoms with E-state index in [0.29, 0.717) is 36.9 Å². The van der Waals surface area contributed by atoms with Crippen LogP contribution in [0.4, 0.5) is 15.0 Å². The summed E-state index contributed by atoms with van der Waals surface area (Å²) in [6.45, 7) is 8.42. The Kier molecular flexibility index (Phi) is 6.07. The fourth-order valence-corrected chi connectivity index (χ4v) is 6.72. The van der Waals surface area contributed by atoms with Crippen molar-refractivity contribution in [2.24, 2.45) is 0 Å². The van der Waals surface area contributed by atoms with Gasteiger partial charge in [-0.2, -0.15) is 4.39 Å². The third kappa shape index (κ3) is 4.53. The number of benzene rings is 2. The molecule has 2 saturated heterocycles. The normalized spacial score (nSPS) is 19.8. The Hall–Kier alpha value is -3.94. The van der Waals surface area contributed by atoms with Crippen molar-refractivity contribution in [3.05, 3.63) is 70.7 Å². The second-order valence-electron chi connectivity index (χ2n) is 12.7. The second-order valence-corrected chi connectivity index (χ2v) is 12.7. The van der Waals surface area contributed by atoms with Crippen molar-refractivity contribution in [1.29, 1.82) is 0 Å². The van der Waals surface area contributed by atoms with Gasteiger partial charge in [-0.15, -0.1) is 0 Å². The lowest BCUT2D eigenvalue weighted by Crippen LogP contribution is -2.44. The van der Waals surface area contributed by atoms with Gasteiger partial charge in [0.05, 0.1) is 6.04 Å². The van der Waals surface area contributed by atoms with Crippen LogP contribution in [-0.4, -0.2) is 53.7 Å². The molecule has 8 heteroatoms. The lowest BCUT2D eigenvalue weighted by atomic mass is 9.80. The molecule has 4 aliphatic rings. The van der Waals surface area contributed by atoms with E-state index in [9.17, 15) is 9.59 Å². The fourth-order valence-electron chi connectivity index (χ4n) is 6.72. The quantitative estimate of drug-likeness (QED) is 0.381. The number of hydrogen-bond donors (Lipinski definition) is 1. The molecule has 2 aromatic carbocycles. The molecule has 4 aliphatic heterocycles. The van der Waals surface area contributed by atoms with Crippen molar-refractivity contribution in [2.75, 3.05) is 31.1 Å². The largest absolute Gasteiger partial charge is 0.444 e. The highest BCUT2D eigenvalue weighted by Crippen LogP contribution is 2.51. The number of aromatic nitrogens is 1. The van der Waals surface area contributed by atoms with E-state index < -0.39 is 11.5 Å². The van der Waals surface area contributed by atoms with Gasteiger partial charge in [0.2, 0.25) is 5.95 Å². The van der Waals surface area contributed by atoms with Gasteiger partial charge in [-0.05, 0) is 98.4 Å². The molecule has 1 N–H and O–H groups in total. The van der Waals surface area contributed by atoms with Gasteiger partial charge in [0, 0.05) is 42.9 Å². The number of likely N-dealkylation sites (tertiary alicyclic amines) is 1. The zero-order valence-electron chi connectivity index (χ0n) is 23.8. The Morgan fingerprint density at radius 2 is 1.73 bits per heavy atom. The monoisotopic (exact) mass is 554 g/mol. The van der Waals surface area contributed by atoms with Crippen molar-refractivity contribution < 1.29 is 18.7 Å². The third-order valence-corrected chi connectivity index (χ3v) is 8.94. The van der Waals surface area contributed by atoms with Crippen molar-refractivity contribution in [3.63, 3.8) is 0 Å². The van der Waals surface area contributed by atoms with E-state index in [0.717, 1.165) is 65.6 Å². The smallest absolute Gasteiger partial charge is 0.410 e. The standard InChI is InChI=1S/C33H35FN4O3/c1-33(2,3)41-32(40)37-13-9-20(10-14-37)19-4-6-21(7-5-19)23-17-27-25-16-22-8-12-35-31(39)24(22)18-26(25)28-11-15-38(28)30(27)36-29(23)34/h4-7,16-18,20,28H,8-15H2,1-3H3,(H,35,39). The van der Waals surface area contributed by atoms with Crippen LogP contribution in [0.5, 0.6) is 0 Å². The topological polar surface area (TPSA) is 74.8 Å². The summed E-state index contributed by atoms with van der Waals surface area (Å²) >= 11 is 0.